The summed E-state index contributed by atoms with van der Waals surface area (Å²) in [5.74, 6) is 2.59. The van der Waals surface area contributed by atoms with Crippen molar-refractivity contribution >= 4 is 17.2 Å². The molecule has 0 atom stereocenters. The molecule has 2 heterocycles. The molecule has 2 rings (SSSR count). The third kappa shape index (κ3) is 1.11. The van der Waals surface area contributed by atoms with Crippen LogP contribution in [0.25, 0.3) is 5.52 Å². The van der Waals surface area contributed by atoms with Crippen LogP contribution in [0.2, 0.25) is 0 Å². The minimum absolute atomic E-state index is 0.589. The Morgan fingerprint density at radius 1 is 1.36 bits per heavy atom. The van der Waals surface area contributed by atoms with Gasteiger partial charge < -0.3 is 10.6 Å². The highest BCUT2D eigenvalue weighted by Gasteiger charge is 2.08. The predicted octanol–water partition coefficient (Wildman–Crippen LogP) is 1.29. The summed E-state index contributed by atoms with van der Waals surface area (Å²) in [6.07, 6.45) is 0. The van der Waals surface area contributed by atoms with E-state index in [1.807, 2.05) is 44.1 Å². The molecule has 4 heteroatoms. The fourth-order valence-corrected chi connectivity index (χ4v) is 1.67. The SMILES string of the molecule is Cc1nc(N)c2cccc(N(C)C)n12. The molecule has 0 saturated heterocycles. The third-order valence-electron chi connectivity index (χ3n) is 2.30. The minimum Gasteiger partial charge on any atom is -0.382 e. The van der Waals surface area contributed by atoms with E-state index in [1.54, 1.807) is 0 Å². The fraction of sp³-hybridized carbons (Fsp3) is 0.300. The van der Waals surface area contributed by atoms with Crippen molar-refractivity contribution in [3.8, 4) is 0 Å². The molecule has 0 aliphatic rings. The molecule has 0 radical (unpaired) electrons. The van der Waals surface area contributed by atoms with E-state index >= 15 is 0 Å². The second-order valence-corrected chi connectivity index (χ2v) is 3.54. The first-order valence-corrected chi connectivity index (χ1v) is 4.52. The molecule has 2 aromatic heterocycles. The molecule has 0 spiro atoms. The largest absolute Gasteiger partial charge is 0.382 e. The Labute approximate surface area is 83.0 Å². The quantitative estimate of drug-likeness (QED) is 0.737. The molecule has 0 aliphatic heterocycles. The Bertz CT molecular complexity index is 470. The van der Waals surface area contributed by atoms with Crippen LogP contribution in [0.5, 0.6) is 0 Å². The summed E-state index contributed by atoms with van der Waals surface area (Å²) in [4.78, 5) is 6.29. The van der Waals surface area contributed by atoms with Crippen LogP contribution in [0.3, 0.4) is 0 Å². The van der Waals surface area contributed by atoms with Gasteiger partial charge in [-0.05, 0) is 19.1 Å². The van der Waals surface area contributed by atoms with Crippen LogP contribution in [0.15, 0.2) is 18.2 Å². The van der Waals surface area contributed by atoms with Crippen molar-refractivity contribution in [2.24, 2.45) is 0 Å². The van der Waals surface area contributed by atoms with Crippen molar-refractivity contribution in [3.05, 3.63) is 24.0 Å². The number of aromatic nitrogens is 2. The van der Waals surface area contributed by atoms with E-state index in [-0.39, 0.29) is 0 Å². The van der Waals surface area contributed by atoms with Gasteiger partial charge in [0, 0.05) is 14.1 Å². The Morgan fingerprint density at radius 3 is 2.71 bits per heavy atom. The number of imidazole rings is 1. The van der Waals surface area contributed by atoms with Gasteiger partial charge in [-0.25, -0.2) is 4.98 Å². The average molecular weight is 190 g/mol. The lowest BCUT2D eigenvalue weighted by Gasteiger charge is -2.15. The number of anilines is 2. The molecule has 0 aromatic carbocycles. The summed E-state index contributed by atoms with van der Waals surface area (Å²) < 4.78 is 2.05. The third-order valence-corrected chi connectivity index (χ3v) is 2.30. The first kappa shape index (κ1) is 8.87. The molecule has 4 nitrogen and oxygen atoms in total. The Kier molecular flexibility index (Phi) is 1.84. The van der Waals surface area contributed by atoms with Gasteiger partial charge in [-0.1, -0.05) is 6.07 Å². The summed E-state index contributed by atoms with van der Waals surface area (Å²) in [5, 5.41) is 0. The van der Waals surface area contributed by atoms with Crippen LogP contribution in [0.4, 0.5) is 11.6 Å². The molecule has 14 heavy (non-hydrogen) atoms. The van der Waals surface area contributed by atoms with Crippen LogP contribution < -0.4 is 10.6 Å². The van der Waals surface area contributed by atoms with Gasteiger partial charge in [0.05, 0.1) is 5.52 Å². The van der Waals surface area contributed by atoms with Crippen LogP contribution in [-0.4, -0.2) is 23.5 Å². The van der Waals surface area contributed by atoms with E-state index in [1.165, 1.54) is 0 Å². The van der Waals surface area contributed by atoms with Gasteiger partial charge >= 0.3 is 0 Å². The molecule has 0 unspecified atom stereocenters. The maximum atomic E-state index is 5.80. The first-order valence-electron chi connectivity index (χ1n) is 4.52. The molecule has 0 fully saturated rings. The van der Waals surface area contributed by atoms with Gasteiger partial charge in [0.25, 0.3) is 0 Å². The number of hydrogen-bond acceptors (Lipinski definition) is 3. The van der Waals surface area contributed by atoms with Crippen LogP contribution >= 0.6 is 0 Å². The van der Waals surface area contributed by atoms with Crippen LogP contribution in [0, 0.1) is 6.92 Å². The number of rotatable bonds is 1. The predicted molar refractivity (Wildman–Crippen MR) is 58.7 cm³/mol. The molecule has 0 bridgehead atoms. The summed E-state index contributed by atoms with van der Waals surface area (Å²) in [6, 6.07) is 6.01. The first-order chi connectivity index (χ1) is 6.61. The zero-order valence-corrected chi connectivity index (χ0v) is 8.65. The monoisotopic (exact) mass is 190 g/mol. The molecule has 0 aliphatic carbocycles. The van der Waals surface area contributed by atoms with Crippen LogP contribution in [0.1, 0.15) is 5.82 Å². The Morgan fingerprint density at radius 2 is 2.07 bits per heavy atom. The summed E-state index contributed by atoms with van der Waals surface area (Å²) in [7, 11) is 4.01. The van der Waals surface area contributed by atoms with E-state index in [0.29, 0.717) is 5.82 Å². The lowest BCUT2D eigenvalue weighted by Crippen LogP contribution is -2.13. The number of pyridine rings is 1. The van der Waals surface area contributed by atoms with Crippen molar-refractivity contribution < 1.29 is 0 Å². The second kappa shape index (κ2) is 2.90. The van der Waals surface area contributed by atoms with Crippen molar-refractivity contribution in [1.29, 1.82) is 0 Å². The Hall–Kier alpha value is -1.71. The van der Waals surface area contributed by atoms with E-state index < -0.39 is 0 Å². The number of hydrogen-bond donors (Lipinski definition) is 1. The van der Waals surface area contributed by atoms with Gasteiger partial charge in [0.1, 0.15) is 17.5 Å². The standard InChI is InChI=1S/C10H14N4/c1-7-12-10(11)8-5-4-6-9(13(2)3)14(7)8/h4-6H,11H2,1-3H3. The number of nitrogen functional groups attached to an aromatic ring is 1. The second-order valence-electron chi connectivity index (χ2n) is 3.54. The lowest BCUT2D eigenvalue weighted by atomic mass is 10.3. The van der Waals surface area contributed by atoms with E-state index in [9.17, 15) is 0 Å². The highest BCUT2D eigenvalue weighted by atomic mass is 15.2. The number of nitrogens with two attached hydrogens (primary N) is 1. The number of aryl methyl sites for hydroxylation is 1. The smallest absolute Gasteiger partial charge is 0.149 e. The zero-order chi connectivity index (χ0) is 10.3. The van der Waals surface area contributed by atoms with E-state index in [4.69, 9.17) is 5.73 Å². The lowest BCUT2D eigenvalue weighted by molar-refractivity contribution is 0.975. The zero-order valence-electron chi connectivity index (χ0n) is 8.65. The van der Waals surface area contributed by atoms with Gasteiger partial charge in [-0.15, -0.1) is 0 Å². The molecule has 0 saturated carbocycles. The van der Waals surface area contributed by atoms with Gasteiger partial charge in [-0.2, -0.15) is 0 Å². The molecule has 2 N–H and O–H groups in total. The minimum atomic E-state index is 0.589. The van der Waals surface area contributed by atoms with Gasteiger partial charge in [-0.3, -0.25) is 4.40 Å². The number of fused-ring (bicyclic) bond motifs is 1. The topological polar surface area (TPSA) is 46.6 Å². The van der Waals surface area contributed by atoms with Crippen molar-refractivity contribution in [3.63, 3.8) is 0 Å². The highest BCUT2D eigenvalue weighted by Crippen LogP contribution is 2.21. The van der Waals surface area contributed by atoms with Gasteiger partial charge in [0.2, 0.25) is 0 Å². The van der Waals surface area contributed by atoms with Gasteiger partial charge in [0.15, 0.2) is 0 Å². The van der Waals surface area contributed by atoms with Crippen molar-refractivity contribution in [2.45, 2.75) is 6.92 Å². The molecule has 74 valence electrons. The van der Waals surface area contributed by atoms with E-state index in [2.05, 4.69) is 9.38 Å². The Balaban J connectivity index is 2.85. The molecular weight excluding hydrogens is 176 g/mol. The fourth-order valence-electron chi connectivity index (χ4n) is 1.67. The summed E-state index contributed by atoms with van der Waals surface area (Å²) in [5.41, 5.74) is 6.76. The highest BCUT2D eigenvalue weighted by molar-refractivity contribution is 5.70. The maximum Gasteiger partial charge on any atom is 0.149 e. The van der Waals surface area contributed by atoms with E-state index in [0.717, 1.165) is 17.2 Å². The molecular formula is C10H14N4. The maximum absolute atomic E-state index is 5.80. The number of nitrogens with zero attached hydrogens (tertiary/aromatic N) is 3. The van der Waals surface area contributed by atoms with Crippen LogP contribution in [-0.2, 0) is 0 Å². The van der Waals surface area contributed by atoms with Crippen molar-refractivity contribution in [1.82, 2.24) is 9.38 Å². The van der Waals surface area contributed by atoms with Crippen molar-refractivity contribution in [2.75, 3.05) is 24.7 Å². The average Bonchev–Trinajstić information content (AvgIpc) is 2.43. The molecule has 2 aromatic rings. The molecule has 0 amide bonds. The normalized spacial score (nSPS) is 10.8. The summed E-state index contributed by atoms with van der Waals surface area (Å²) in [6.45, 7) is 1.95. The summed E-state index contributed by atoms with van der Waals surface area (Å²) >= 11 is 0.